The highest BCUT2D eigenvalue weighted by Gasteiger charge is 2.05. The van der Waals surface area contributed by atoms with Crippen LogP contribution in [0.2, 0.25) is 0 Å². The summed E-state index contributed by atoms with van der Waals surface area (Å²) in [5.41, 5.74) is 0.821. The fraction of sp³-hybridized carbons (Fsp3) is 0.100. The third-order valence-electron chi connectivity index (χ3n) is 1.85. The molecule has 1 aromatic heterocycles. The zero-order valence-electron chi connectivity index (χ0n) is 7.20. The summed E-state index contributed by atoms with van der Waals surface area (Å²) in [7, 11) is 0. The second kappa shape index (κ2) is 4.00. The minimum absolute atomic E-state index is 0.189. The van der Waals surface area contributed by atoms with Crippen molar-refractivity contribution in [3.63, 3.8) is 0 Å². The third-order valence-corrected chi connectivity index (χ3v) is 2.79. The van der Waals surface area contributed by atoms with Crippen LogP contribution < -0.4 is 0 Å². The second-order valence-electron chi connectivity index (χ2n) is 2.77. The van der Waals surface area contributed by atoms with Crippen molar-refractivity contribution in [1.82, 2.24) is 0 Å². The molecule has 72 valence electrons. The van der Waals surface area contributed by atoms with Crippen LogP contribution in [0.4, 0.5) is 0 Å². The van der Waals surface area contributed by atoms with Gasteiger partial charge in [-0.25, -0.2) is 0 Å². The van der Waals surface area contributed by atoms with Crippen LogP contribution >= 0.6 is 22.6 Å². The molecule has 0 atom stereocenters. The standard InChI is InChI=1S/C10H7IO3/c11-9-2-1-3-10-8(9)4-7(14-10)5-13-6-12/h1-4,6H,5H2. The van der Waals surface area contributed by atoms with Gasteiger partial charge >= 0.3 is 0 Å². The van der Waals surface area contributed by atoms with Gasteiger partial charge in [0.15, 0.2) is 0 Å². The lowest BCUT2D eigenvalue weighted by Crippen LogP contribution is -1.86. The van der Waals surface area contributed by atoms with Gasteiger partial charge in [-0.3, -0.25) is 4.79 Å². The first-order chi connectivity index (χ1) is 6.81. The van der Waals surface area contributed by atoms with Crippen LogP contribution in [0.25, 0.3) is 11.0 Å². The summed E-state index contributed by atoms with van der Waals surface area (Å²) in [5.74, 6) is 0.663. The van der Waals surface area contributed by atoms with Gasteiger partial charge in [0.2, 0.25) is 0 Å². The maximum absolute atomic E-state index is 9.99. The Hall–Kier alpha value is -1.04. The van der Waals surface area contributed by atoms with E-state index in [1.165, 1.54) is 0 Å². The third kappa shape index (κ3) is 1.75. The molecule has 0 aliphatic carbocycles. The van der Waals surface area contributed by atoms with Gasteiger partial charge in [-0.2, -0.15) is 0 Å². The molecule has 3 nitrogen and oxygen atoms in total. The second-order valence-corrected chi connectivity index (χ2v) is 3.93. The van der Waals surface area contributed by atoms with Crippen molar-refractivity contribution in [2.45, 2.75) is 6.61 Å². The SMILES string of the molecule is O=COCc1cc2c(I)cccc2o1. The van der Waals surface area contributed by atoms with Crippen molar-refractivity contribution in [2.24, 2.45) is 0 Å². The minimum Gasteiger partial charge on any atom is -0.460 e. The summed E-state index contributed by atoms with van der Waals surface area (Å²) in [6.07, 6.45) is 0. The van der Waals surface area contributed by atoms with Crippen molar-refractivity contribution in [3.8, 4) is 0 Å². The molecule has 0 N–H and O–H groups in total. The van der Waals surface area contributed by atoms with Crippen LogP contribution in [0.15, 0.2) is 28.7 Å². The number of halogens is 1. The van der Waals surface area contributed by atoms with E-state index in [0.717, 1.165) is 14.5 Å². The molecular weight excluding hydrogens is 295 g/mol. The molecule has 14 heavy (non-hydrogen) atoms. The number of furan rings is 1. The molecule has 1 heterocycles. The first kappa shape index (κ1) is 9.51. The first-order valence-electron chi connectivity index (χ1n) is 4.03. The Morgan fingerprint density at radius 1 is 1.50 bits per heavy atom. The molecule has 0 radical (unpaired) electrons. The van der Waals surface area contributed by atoms with E-state index >= 15 is 0 Å². The van der Waals surface area contributed by atoms with E-state index in [1.54, 1.807) is 0 Å². The molecule has 4 heteroatoms. The Morgan fingerprint density at radius 3 is 3.07 bits per heavy atom. The Kier molecular flexibility index (Phi) is 2.72. The first-order valence-corrected chi connectivity index (χ1v) is 5.11. The minimum atomic E-state index is 0.189. The molecule has 0 spiro atoms. The average molecular weight is 302 g/mol. The Labute approximate surface area is 94.2 Å². The highest BCUT2D eigenvalue weighted by molar-refractivity contribution is 14.1. The normalized spacial score (nSPS) is 10.4. The van der Waals surface area contributed by atoms with Gasteiger partial charge in [-0.1, -0.05) is 6.07 Å². The van der Waals surface area contributed by atoms with E-state index in [0.29, 0.717) is 12.2 Å². The van der Waals surface area contributed by atoms with E-state index < -0.39 is 0 Å². The quantitative estimate of drug-likeness (QED) is 0.646. The van der Waals surface area contributed by atoms with Crippen molar-refractivity contribution >= 4 is 40.0 Å². The maximum Gasteiger partial charge on any atom is 0.293 e. The van der Waals surface area contributed by atoms with Crippen molar-refractivity contribution in [1.29, 1.82) is 0 Å². The van der Waals surface area contributed by atoms with Gasteiger partial charge in [-0.05, 0) is 40.8 Å². The van der Waals surface area contributed by atoms with Gasteiger partial charge in [0.05, 0.1) is 0 Å². The summed E-state index contributed by atoms with van der Waals surface area (Å²) >= 11 is 2.24. The molecule has 2 rings (SSSR count). The van der Waals surface area contributed by atoms with Gasteiger partial charge in [0, 0.05) is 8.96 Å². The predicted molar refractivity (Wildman–Crippen MR) is 59.8 cm³/mol. The van der Waals surface area contributed by atoms with E-state index in [2.05, 4.69) is 27.3 Å². The number of hydrogen-bond donors (Lipinski definition) is 0. The lowest BCUT2D eigenvalue weighted by molar-refractivity contribution is -0.130. The molecule has 0 bridgehead atoms. The zero-order valence-corrected chi connectivity index (χ0v) is 9.35. The molecule has 0 unspecified atom stereocenters. The molecule has 0 fully saturated rings. The Balaban J connectivity index is 2.41. The van der Waals surface area contributed by atoms with Crippen LogP contribution in [0.3, 0.4) is 0 Å². The molecule has 1 aromatic carbocycles. The molecule has 0 aliphatic heterocycles. The zero-order chi connectivity index (χ0) is 9.97. The summed E-state index contributed by atoms with van der Waals surface area (Å²) in [4.78, 5) is 9.99. The van der Waals surface area contributed by atoms with Crippen molar-refractivity contribution in [2.75, 3.05) is 0 Å². The molecule has 0 amide bonds. The number of fused-ring (bicyclic) bond motifs is 1. The Morgan fingerprint density at radius 2 is 2.36 bits per heavy atom. The predicted octanol–water partition coefficient (Wildman–Crippen LogP) is 2.71. The van der Waals surface area contributed by atoms with Gasteiger partial charge in [0.1, 0.15) is 18.0 Å². The molecular formula is C10H7IO3. The monoisotopic (exact) mass is 302 g/mol. The van der Waals surface area contributed by atoms with Gasteiger partial charge in [0.25, 0.3) is 6.47 Å². The topological polar surface area (TPSA) is 39.4 Å². The largest absolute Gasteiger partial charge is 0.460 e. The summed E-state index contributed by atoms with van der Waals surface area (Å²) in [5, 5.41) is 1.05. The lowest BCUT2D eigenvalue weighted by Gasteiger charge is -1.90. The molecule has 0 aliphatic rings. The van der Waals surface area contributed by atoms with Crippen LogP contribution in [0.5, 0.6) is 0 Å². The number of carbonyl (C=O) groups excluding carboxylic acids is 1. The summed E-state index contributed by atoms with van der Waals surface area (Å²) in [6, 6.07) is 7.71. The van der Waals surface area contributed by atoms with Gasteiger partial charge < -0.3 is 9.15 Å². The number of ether oxygens (including phenoxy) is 1. The maximum atomic E-state index is 9.99. The van der Waals surface area contributed by atoms with Crippen molar-refractivity contribution in [3.05, 3.63) is 33.6 Å². The van der Waals surface area contributed by atoms with Crippen molar-refractivity contribution < 1.29 is 13.9 Å². The molecule has 0 saturated carbocycles. The molecule has 2 aromatic rings. The highest BCUT2D eigenvalue weighted by atomic mass is 127. The van der Waals surface area contributed by atoms with Crippen LogP contribution in [-0.2, 0) is 16.1 Å². The smallest absolute Gasteiger partial charge is 0.293 e. The number of carbonyl (C=O) groups is 1. The Bertz CT molecular complexity index is 461. The van der Waals surface area contributed by atoms with E-state index in [1.807, 2.05) is 24.3 Å². The number of rotatable bonds is 3. The lowest BCUT2D eigenvalue weighted by atomic mass is 10.2. The van der Waals surface area contributed by atoms with Crippen LogP contribution in [0, 0.1) is 3.57 Å². The summed E-state index contributed by atoms with van der Waals surface area (Å²) < 4.78 is 11.2. The van der Waals surface area contributed by atoms with E-state index in [9.17, 15) is 4.79 Å². The fourth-order valence-corrected chi connectivity index (χ4v) is 1.89. The average Bonchev–Trinajstić information content (AvgIpc) is 2.59. The van der Waals surface area contributed by atoms with Gasteiger partial charge in [-0.15, -0.1) is 0 Å². The highest BCUT2D eigenvalue weighted by Crippen LogP contribution is 2.24. The van der Waals surface area contributed by atoms with E-state index in [-0.39, 0.29) is 6.61 Å². The fourth-order valence-electron chi connectivity index (χ4n) is 1.27. The van der Waals surface area contributed by atoms with Crippen LogP contribution in [-0.4, -0.2) is 6.47 Å². The number of hydrogen-bond acceptors (Lipinski definition) is 3. The summed E-state index contributed by atoms with van der Waals surface area (Å²) in [6.45, 7) is 0.604. The molecule has 0 saturated heterocycles. The number of benzene rings is 1. The van der Waals surface area contributed by atoms with E-state index in [4.69, 9.17) is 4.42 Å². The van der Waals surface area contributed by atoms with Crippen LogP contribution in [0.1, 0.15) is 5.76 Å².